The summed E-state index contributed by atoms with van der Waals surface area (Å²) in [6, 6.07) is 14.0. The SMILES string of the molecule is c1ccc(OC2CCN(Cc3ccc(Oc4nccs4)cc3)CC2)nc1. The molecule has 0 spiro atoms. The molecule has 3 heterocycles. The molecule has 3 aromatic rings. The van der Waals surface area contributed by atoms with Gasteiger partial charge >= 0.3 is 0 Å². The predicted octanol–water partition coefficient (Wildman–Crippen LogP) is 4.37. The molecular weight excluding hydrogens is 346 g/mol. The molecule has 0 radical (unpaired) electrons. The Morgan fingerprint density at radius 3 is 2.54 bits per heavy atom. The molecule has 2 aromatic heterocycles. The van der Waals surface area contributed by atoms with Gasteiger partial charge in [-0.05, 0) is 36.6 Å². The van der Waals surface area contributed by atoms with E-state index >= 15 is 0 Å². The van der Waals surface area contributed by atoms with Crippen molar-refractivity contribution in [2.75, 3.05) is 13.1 Å². The topological polar surface area (TPSA) is 47.5 Å². The summed E-state index contributed by atoms with van der Waals surface area (Å²) in [6.07, 6.45) is 5.83. The summed E-state index contributed by atoms with van der Waals surface area (Å²) < 4.78 is 11.7. The first-order chi connectivity index (χ1) is 12.8. The van der Waals surface area contributed by atoms with E-state index in [-0.39, 0.29) is 6.10 Å². The predicted molar refractivity (Wildman–Crippen MR) is 102 cm³/mol. The first kappa shape index (κ1) is 17.0. The number of nitrogens with zero attached hydrogens (tertiary/aromatic N) is 3. The third-order valence-electron chi connectivity index (χ3n) is 4.40. The second-order valence-corrected chi connectivity index (χ2v) is 7.16. The van der Waals surface area contributed by atoms with E-state index in [4.69, 9.17) is 9.47 Å². The van der Waals surface area contributed by atoms with E-state index in [1.54, 1.807) is 12.4 Å². The van der Waals surface area contributed by atoms with Crippen LogP contribution in [0.2, 0.25) is 0 Å². The van der Waals surface area contributed by atoms with E-state index in [0.29, 0.717) is 5.19 Å². The number of aromatic nitrogens is 2. The molecule has 1 fully saturated rings. The van der Waals surface area contributed by atoms with E-state index in [1.165, 1.54) is 16.9 Å². The number of pyridine rings is 1. The van der Waals surface area contributed by atoms with Gasteiger partial charge in [0.1, 0.15) is 11.9 Å². The minimum absolute atomic E-state index is 0.259. The second-order valence-electron chi connectivity index (χ2n) is 6.31. The molecule has 134 valence electrons. The van der Waals surface area contributed by atoms with Crippen LogP contribution in [0.5, 0.6) is 16.8 Å². The van der Waals surface area contributed by atoms with Crippen LogP contribution < -0.4 is 9.47 Å². The maximum atomic E-state index is 5.96. The number of hydrogen-bond acceptors (Lipinski definition) is 6. The highest BCUT2D eigenvalue weighted by Crippen LogP contribution is 2.24. The third-order valence-corrected chi connectivity index (χ3v) is 5.05. The molecule has 0 saturated carbocycles. The lowest BCUT2D eigenvalue weighted by atomic mass is 10.1. The standard InChI is InChI=1S/C20H21N3O2S/c1-2-10-21-19(3-1)24-18-8-12-23(13-9-18)15-16-4-6-17(7-5-16)25-20-22-11-14-26-20/h1-7,10-11,14,18H,8-9,12-13,15H2. The van der Waals surface area contributed by atoms with E-state index in [9.17, 15) is 0 Å². The summed E-state index contributed by atoms with van der Waals surface area (Å²) in [5.41, 5.74) is 1.29. The summed E-state index contributed by atoms with van der Waals surface area (Å²) in [7, 11) is 0. The first-order valence-electron chi connectivity index (χ1n) is 8.81. The van der Waals surface area contributed by atoms with Gasteiger partial charge in [-0.15, -0.1) is 0 Å². The lowest BCUT2D eigenvalue weighted by Crippen LogP contribution is -2.37. The van der Waals surface area contributed by atoms with Crippen molar-refractivity contribution in [2.24, 2.45) is 0 Å². The van der Waals surface area contributed by atoms with Gasteiger partial charge in [0.15, 0.2) is 0 Å². The van der Waals surface area contributed by atoms with Gasteiger partial charge in [0, 0.05) is 43.5 Å². The quantitative estimate of drug-likeness (QED) is 0.647. The Hall–Kier alpha value is -2.44. The van der Waals surface area contributed by atoms with E-state index in [1.807, 2.05) is 35.7 Å². The molecule has 1 aliphatic heterocycles. The summed E-state index contributed by atoms with van der Waals surface area (Å²) in [5.74, 6) is 1.55. The fourth-order valence-electron chi connectivity index (χ4n) is 3.06. The highest BCUT2D eigenvalue weighted by Gasteiger charge is 2.20. The van der Waals surface area contributed by atoms with Gasteiger partial charge in [0.05, 0.1) is 0 Å². The van der Waals surface area contributed by atoms with Crippen LogP contribution in [-0.4, -0.2) is 34.1 Å². The van der Waals surface area contributed by atoms with Crippen molar-refractivity contribution >= 4 is 11.3 Å². The van der Waals surface area contributed by atoms with Gasteiger partial charge in [-0.2, -0.15) is 0 Å². The molecule has 1 aromatic carbocycles. The fraction of sp³-hybridized carbons (Fsp3) is 0.300. The van der Waals surface area contributed by atoms with Crippen LogP contribution in [0.1, 0.15) is 18.4 Å². The van der Waals surface area contributed by atoms with Crippen molar-refractivity contribution < 1.29 is 9.47 Å². The molecule has 6 heteroatoms. The Bertz CT molecular complexity index is 786. The molecule has 1 aliphatic rings. The third kappa shape index (κ3) is 4.59. The van der Waals surface area contributed by atoms with Crippen LogP contribution in [0.25, 0.3) is 0 Å². The van der Waals surface area contributed by atoms with Gasteiger partial charge in [0.2, 0.25) is 5.88 Å². The van der Waals surface area contributed by atoms with Crippen LogP contribution in [-0.2, 0) is 6.54 Å². The van der Waals surface area contributed by atoms with Gasteiger partial charge in [-0.25, -0.2) is 9.97 Å². The lowest BCUT2D eigenvalue weighted by molar-refractivity contribution is 0.0932. The first-order valence-corrected chi connectivity index (χ1v) is 9.69. The van der Waals surface area contributed by atoms with Crippen molar-refractivity contribution in [2.45, 2.75) is 25.5 Å². The molecule has 26 heavy (non-hydrogen) atoms. The van der Waals surface area contributed by atoms with Crippen molar-refractivity contribution in [3.63, 3.8) is 0 Å². The smallest absolute Gasteiger partial charge is 0.278 e. The molecule has 0 unspecified atom stereocenters. The summed E-state index contributed by atoms with van der Waals surface area (Å²) >= 11 is 1.49. The van der Waals surface area contributed by atoms with Gasteiger partial charge in [-0.3, -0.25) is 4.90 Å². The molecule has 0 bridgehead atoms. The Labute approximate surface area is 157 Å². The molecule has 0 N–H and O–H groups in total. The zero-order valence-corrected chi connectivity index (χ0v) is 15.3. The Morgan fingerprint density at radius 2 is 1.85 bits per heavy atom. The Morgan fingerprint density at radius 1 is 1.00 bits per heavy atom. The van der Waals surface area contributed by atoms with Crippen LogP contribution in [0.3, 0.4) is 0 Å². The molecular formula is C20H21N3O2S. The van der Waals surface area contributed by atoms with Crippen molar-refractivity contribution in [3.8, 4) is 16.8 Å². The zero-order chi connectivity index (χ0) is 17.6. The average Bonchev–Trinajstić information content (AvgIpc) is 3.19. The maximum absolute atomic E-state index is 5.96. The number of likely N-dealkylation sites (tertiary alicyclic amines) is 1. The van der Waals surface area contributed by atoms with Gasteiger partial charge < -0.3 is 9.47 Å². The summed E-state index contributed by atoms with van der Waals surface area (Å²) in [6.45, 7) is 3.03. The number of rotatable bonds is 6. The summed E-state index contributed by atoms with van der Waals surface area (Å²) in [4.78, 5) is 10.8. The van der Waals surface area contributed by atoms with Crippen LogP contribution in [0.4, 0.5) is 0 Å². The fourth-order valence-corrected chi connectivity index (χ4v) is 3.56. The van der Waals surface area contributed by atoms with Crippen molar-refractivity contribution in [3.05, 3.63) is 65.8 Å². The molecule has 0 amide bonds. The molecule has 1 saturated heterocycles. The van der Waals surface area contributed by atoms with Crippen LogP contribution >= 0.6 is 11.3 Å². The van der Waals surface area contributed by atoms with Crippen molar-refractivity contribution in [1.82, 2.24) is 14.9 Å². The second kappa shape index (κ2) is 8.29. The number of thiazole rings is 1. The number of benzene rings is 1. The molecule has 0 aliphatic carbocycles. The minimum Gasteiger partial charge on any atom is -0.474 e. The molecule has 0 atom stereocenters. The van der Waals surface area contributed by atoms with Gasteiger partial charge in [-0.1, -0.05) is 29.5 Å². The van der Waals surface area contributed by atoms with E-state index in [0.717, 1.165) is 44.1 Å². The highest BCUT2D eigenvalue weighted by molar-refractivity contribution is 7.11. The van der Waals surface area contributed by atoms with Crippen molar-refractivity contribution in [1.29, 1.82) is 0 Å². The lowest BCUT2D eigenvalue weighted by Gasteiger charge is -2.31. The summed E-state index contributed by atoms with van der Waals surface area (Å²) in [5, 5.41) is 2.58. The largest absolute Gasteiger partial charge is 0.474 e. The zero-order valence-electron chi connectivity index (χ0n) is 14.5. The van der Waals surface area contributed by atoms with Crippen LogP contribution in [0, 0.1) is 0 Å². The van der Waals surface area contributed by atoms with E-state index in [2.05, 4.69) is 27.0 Å². The Balaban J connectivity index is 1.25. The average molecular weight is 367 g/mol. The Kier molecular flexibility index (Phi) is 5.42. The normalized spacial score (nSPS) is 15.7. The number of ether oxygens (including phenoxy) is 2. The van der Waals surface area contributed by atoms with Gasteiger partial charge in [0.25, 0.3) is 5.19 Å². The number of piperidine rings is 1. The minimum atomic E-state index is 0.259. The monoisotopic (exact) mass is 367 g/mol. The van der Waals surface area contributed by atoms with E-state index < -0.39 is 0 Å². The highest BCUT2D eigenvalue weighted by atomic mass is 32.1. The van der Waals surface area contributed by atoms with Crippen LogP contribution in [0.15, 0.2) is 60.2 Å². The molecule has 4 rings (SSSR count). The number of hydrogen-bond donors (Lipinski definition) is 0. The molecule has 5 nitrogen and oxygen atoms in total. The maximum Gasteiger partial charge on any atom is 0.278 e.